The molecule has 3 heterocycles. The molecule has 1 radical (unpaired) electrons. The van der Waals surface area contributed by atoms with Crippen molar-refractivity contribution < 1.29 is 0 Å². The molecule has 0 N–H and O–H groups in total. The van der Waals surface area contributed by atoms with Crippen molar-refractivity contribution in [3.05, 3.63) is 96.9 Å². The molecule has 2 aliphatic rings. The summed E-state index contributed by atoms with van der Waals surface area (Å²) in [5, 5.41) is 0. The van der Waals surface area contributed by atoms with Crippen LogP contribution in [-0.2, 0) is 0 Å². The summed E-state index contributed by atoms with van der Waals surface area (Å²) in [6, 6.07) is 19.3. The lowest BCUT2D eigenvalue weighted by Gasteiger charge is -2.37. The Morgan fingerprint density at radius 2 is 1.35 bits per heavy atom. The predicted octanol–water partition coefficient (Wildman–Crippen LogP) is 4.45. The molecular weight excluding hydrogens is 382 g/mol. The first kappa shape index (κ1) is 18.1. The second kappa shape index (κ2) is 7.51. The van der Waals surface area contributed by atoms with Crippen LogP contribution in [-0.4, -0.2) is 41.1 Å². The van der Waals surface area contributed by atoms with Gasteiger partial charge in [-0.25, -0.2) is 4.98 Å². The fraction of sp³-hybridized carbons (Fsp3) is 0.154. The fourth-order valence-corrected chi connectivity index (χ4v) is 4.38. The van der Waals surface area contributed by atoms with Gasteiger partial charge in [0, 0.05) is 68.6 Å². The van der Waals surface area contributed by atoms with Crippen LogP contribution in [0.1, 0.15) is 11.1 Å². The van der Waals surface area contributed by atoms with Crippen molar-refractivity contribution in [2.75, 3.05) is 36.0 Å². The molecule has 0 atom stereocenters. The van der Waals surface area contributed by atoms with Gasteiger partial charge in [0.05, 0.1) is 0 Å². The molecular formula is C26H22N5. The summed E-state index contributed by atoms with van der Waals surface area (Å²) in [6.07, 6.45) is 9.51. The highest BCUT2D eigenvalue weighted by Crippen LogP contribution is 2.40. The van der Waals surface area contributed by atoms with Crippen LogP contribution < -0.4 is 9.80 Å². The molecule has 2 aromatic carbocycles. The van der Waals surface area contributed by atoms with Gasteiger partial charge in [-0.15, -0.1) is 0 Å². The van der Waals surface area contributed by atoms with Crippen molar-refractivity contribution in [2.45, 2.75) is 0 Å². The third kappa shape index (κ3) is 3.42. The van der Waals surface area contributed by atoms with Gasteiger partial charge in [-0.1, -0.05) is 42.5 Å². The summed E-state index contributed by atoms with van der Waals surface area (Å²) in [5.74, 6) is 0.963. The van der Waals surface area contributed by atoms with E-state index in [-0.39, 0.29) is 0 Å². The van der Waals surface area contributed by atoms with Gasteiger partial charge in [0.25, 0.3) is 0 Å². The number of fused-ring (bicyclic) bond motifs is 1. The molecule has 0 bridgehead atoms. The van der Waals surface area contributed by atoms with Crippen molar-refractivity contribution in [2.24, 2.45) is 0 Å². The number of anilines is 2. The van der Waals surface area contributed by atoms with Crippen molar-refractivity contribution in [3.63, 3.8) is 0 Å². The van der Waals surface area contributed by atoms with Crippen LogP contribution in [0, 0.1) is 6.42 Å². The first-order valence-electron chi connectivity index (χ1n) is 10.7. The standard InChI is InChI=1S/C26H22N5/c1-2-21-18-24(21)23(3-1)19-4-6-20(7-5-19)25-26(29-13-12-28-25)31-16-14-30(15-17-31)22-8-10-27-11-9-22/h1-13,18H,14-17H2. The van der Waals surface area contributed by atoms with E-state index in [1.54, 1.807) is 12.4 Å². The Labute approximate surface area is 182 Å². The molecule has 0 saturated carbocycles. The van der Waals surface area contributed by atoms with E-state index in [0.717, 1.165) is 43.3 Å². The monoisotopic (exact) mass is 404 g/mol. The highest BCUT2D eigenvalue weighted by atomic mass is 15.3. The number of benzene rings is 2. The Kier molecular flexibility index (Phi) is 4.38. The molecule has 0 spiro atoms. The molecule has 31 heavy (non-hydrogen) atoms. The number of nitrogens with zero attached hydrogens (tertiary/aromatic N) is 5. The van der Waals surface area contributed by atoms with E-state index in [2.05, 4.69) is 75.8 Å². The maximum absolute atomic E-state index is 4.71. The van der Waals surface area contributed by atoms with E-state index in [4.69, 9.17) is 9.97 Å². The third-order valence-electron chi connectivity index (χ3n) is 6.11. The van der Waals surface area contributed by atoms with E-state index < -0.39 is 0 Å². The largest absolute Gasteiger partial charge is 0.368 e. The first-order chi connectivity index (χ1) is 15.4. The van der Waals surface area contributed by atoms with Gasteiger partial charge in [-0.05, 0) is 34.4 Å². The van der Waals surface area contributed by atoms with Crippen molar-refractivity contribution in [3.8, 4) is 22.4 Å². The van der Waals surface area contributed by atoms with Gasteiger partial charge in [0.15, 0.2) is 5.82 Å². The molecule has 5 nitrogen and oxygen atoms in total. The summed E-state index contributed by atoms with van der Waals surface area (Å²) in [5.41, 5.74) is 8.53. The van der Waals surface area contributed by atoms with Crippen LogP contribution in [0.5, 0.6) is 0 Å². The molecule has 2 aromatic heterocycles. The van der Waals surface area contributed by atoms with E-state index in [1.165, 1.54) is 27.9 Å². The molecule has 6 rings (SSSR count). The Hall–Kier alpha value is -3.73. The Balaban J connectivity index is 1.24. The minimum atomic E-state index is 0.915. The lowest BCUT2D eigenvalue weighted by molar-refractivity contribution is 0.647. The van der Waals surface area contributed by atoms with E-state index in [9.17, 15) is 0 Å². The fourth-order valence-electron chi connectivity index (χ4n) is 4.38. The SMILES string of the molecule is [CH]1c2cccc(-c3ccc(-c4nccnc4N4CCN(c5ccncc5)CC4)cc3)c21. The van der Waals surface area contributed by atoms with Crippen LogP contribution in [0.2, 0.25) is 0 Å². The number of hydrogen-bond acceptors (Lipinski definition) is 5. The summed E-state index contributed by atoms with van der Waals surface area (Å²) in [4.78, 5) is 18.3. The highest BCUT2D eigenvalue weighted by molar-refractivity contribution is 5.81. The van der Waals surface area contributed by atoms with Gasteiger partial charge in [0.2, 0.25) is 0 Å². The number of pyridine rings is 1. The van der Waals surface area contributed by atoms with Gasteiger partial charge in [0.1, 0.15) is 5.69 Å². The maximum Gasteiger partial charge on any atom is 0.155 e. The zero-order valence-electron chi connectivity index (χ0n) is 17.1. The van der Waals surface area contributed by atoms with Crippen LogP contribution in [0.4, 0.5) is 11.5 Å². The van der Waals surface area contributed by atoms with Gasteiger partial charge < -0.3 is 9.80 Å². The highest BCUT2D eigenvalue weighted by Gasteiger charge is 2.23. The Bertz CT molecular complexity index is 1210. The molecule has 151 valence electrons. The topological polar surface area (TPSA) is 45.2 Å². The molecule has 0 amide bonds. The van der Waals surface area contributed by atoms with Crippen LogP contribution in [0.15, 0.2) is 79.4 Å². The lowest BCUT2D eigenvalue weighted by atomic mass is 10.0. The lowest BCUT2D eigenvalue weighted by Crippen LogP contribution is -2.47. The number of aromatic nitrogens is 3. The predicted molar refractivity (Wildman–Crippen MR) is 124 cm³/mol. The quantitative estimate of drug-likeness (QED) is 0.443. The zero-order chi connectivity index (χ0) is 20.6. The molecule has 5 heteroatoms. The second-order valence-corrected chi connectivity index (χ2v) is 7.94. The maximum atomic E-state index is 4.71. The number of piperazine rings is 1. The van der Waals surface area contributed by atoms with E-state index in [1.807, 2.05) is 12.4 Å². The third-order valence-corrected chi connectivity index (χ3v) is 6.11. The van der Waals surface area contributed by atoms with Crippen LogP contribution in [0.3, 0.4) is 0 Å². The van der Waals surface area contributed by atoms with Crippen molar-refractivity contribution in [1.82, 2.24) is 15.0 Å². The molecule has 1 aliphatic heterocycles. The zero-order valence-corrected chi connectivity index (χ0v) is 17.1. The summed E-state index contributed by atoms with van der Waals surface area (Å²) < 4.78 is 0. The molecule has 1 fully saturated rings. The Morgan fingerprint density at radius 1 is 0.645 bits per heavy atom. The summed E-state index contributed by atoms with van der Waals surface area (Å²) >= 11 is 0. The van der Waals surface area contributed by atoms with E-state index in [0.29, 0.717) is 0 Å². The molecule has 0 unspecified atom stereocenters. The summed E-state index contributed by atoms with van der Waals surface area (Å²) in [7, 11) is 0. The molecule has 1 aliphatic carbocycles. The van der Waals surface area contributed by atoms with Crippen molar-refractivity contribution in [1.29, 1.82) is 0 Å². The minimum absolute atomic E-state index is 0.915. The number of rotatable bonds is 4. The van der Waals surface area contributed by atoms with Gasteiger partial charge in [-0.2, -0.15) is 0 Å². The van der Waals surface area contributed by atoms with Gasteiger partial charge >= 0.3 is 0 Å². The average molecular weight is 404 g/mol. The first-order valence-corrected chi connectivity index (χ1v) is 10.7. The van der Waals surface area contributed by atoms with E-state index >= 15 is 0 Å². The van der Waals surface area contributed by atoms with Crippen molar-refractivity contribution >= 4 is 11.5 Å². The average Bonchev–Trinajstić information content (AvgIpc) is 3.65. The smallest absolute Gasteiger partial charge is 0.155 e. The van der Waals surface area contributed by atoms with Crippen LogP contribution >= 0.6 is 0 Å². The molecule has 4 aromatic rings. The van der Waals surface area contributed by atoms with Crippen LogP contribution in [0.25, 0.3) is 22.4 Å². The molecule has 1 saturated heterocycles. The number of hydrogen-bond donors (Lipinski definition) is 0. The Morgan fingerprint density at radius 3 is 2.16 bits per heavy atom. The van der Waals surface area contributed by atoms with Gasteiger partial charge in [-0.3, -0.25) is 9.97 Å². The summed E-state index contributed by atoms with van der Waals surface area (Å²) in [6.45, 7) is 3.74. The normalized spacial score (nSPS) is 15.0. The minimum Gasteiger partial charge on any atom is -0.368 e. The second-order valence-electron chi connectivity index (χ2n) is 7.94.